The SMILES string of the molecule is CC(CC(=O)N[C@@H](C(=O)O)C(C)C)c1ccc(F)cc1. The van der Waals surface area contributed by atoms with Gasteiger partial charge in [0.15, 0.2) is 0 Å². The minimum Gasteiger partial charge on any atom is -0.480 e. The third-order valence-corrected chi connectivity index (χ3v) is 3.18. The molecule has 0 aliphatic heterocycles. The molecule has 1 aromatic carbocycles. The molecule has 20 heavy (non-hydrogen) atoms. The molecule has 1 unspecified atom stereocenters. The number of amides is 1. The van der Waals surface area contributed by atoms with Gasteiger partial charge in [-0.05, 0) is 29.5 Å². The monoisotopic (exact) mass is 281 g/mol. The van der Waals surface area contributed by atoms with Crippen LogP contribution >= 0.6 is 0 Å². The number of hydrogen-bond acceptors (Lipinski definition) is 2. The molecule has 5 heteroatoms. The molecule has 4 nitrogen and oxygen atoms in total. The van der Waals surface area contributed by atoms with E-state index in [1.165, 1.54) is 12.1 Å². The summed E-state index contributed by atoms with van der Waals surface area (Å²) in [6.07, 6.45) is 0.169. The number of benzene rings is 1. The normalized spacial score (nSPS) is 13.8. The van der Waals surface area contributed by atoms with Gasteiger partial charge in [-0.3, -0.25) is 4.79 Å². The number of carbonyl (C=O) groups excluding carboxylic acids is 1. The zero-order chi connectivity index (χ0) is 15.3. The van der Waals surface area contributed by atoms with Gasteiger partial charge in [0.2, 0.25) is 5.91 Å². The van der Waals surface area contributed by atoms with E-state index in [1.807, 2.05) is 6.92 Å². The maximum atomic E-state index is 12.8. The number of carboxylic acid groups (broad SMARTS) is 1. The summed E-state index contributed by atoms with van der Waals surface area (Å²) < 4.78 is 12.8. The molecule has 1 rings (SSSR count). The highest BCUT2D eigenvalue weighted by molar-refractivity contribution is 5.84. The number of halogens is 1. The number of nitrogens with one attached hydrogen (secondary N) is 1. The van der Waals surface area contributed by atoms with Crippen molar-refractivity contribution in [2.24, 2.45) is 5.92 Å². The lowest BCUT2D eigenvalue weighted by atomic mass is 9.96. The molecule has 1 amide bonds. The van der Waals surface area contributed by atoms with E-state index in [9.17, 15) is 14.0 Å². The quantitative estimate of drug-likeness (QED) is 0.842. The van der Waals surface area contributed by atoms with Crippen LogP contribution in [0.5, 0.6) is 0 Å². The minimum atomic E-state index is -1.04. The summed E-state index contributed by atoms with van der Waals surface area (Å²) >= 11 is 0. The second-order valence-corrected chi connectivity index (χ2v) is 5.28. The van der Waals surface area contributed by atoms with Gasteiger partial charge in [-0.25, -0.2) is 9.18 Å². The van der Waals surface area contributed by atoms with Crippen LogP contribution in [-0.2, 0) is 9.59 Å². The molecule has 0 spiro atoms. The smallest absolute Gasteiger partial charge is 0.326 e. The zero-order valence-electron chi connectivity index (χ0n) is 11.9. The minimum absolute atomic E-state index is 0.0998. The summed E-state index contributed by atoms with van der Waals surface area (Å²) in [4.78, 5) is 22.9. The Morgan fingerprint density at radius 2 is 1.75 bits per heavy atom. The molecule has 0 aliphatic carbocycles. The van der Waals surface area contributed by atoms with E-state index in [2.05, 4.69) is 5.32 Å². The molecule has 0 saturated heterocycles. The molecule has 0 saturated carbocycles. The molecule has 0 radical (unpaired) electrons. The highest BCUT2D eigenvalue weighted by Crippen LogP contribution is 2.19. The summed E-state index contributed by atoms with van der Waals surface area (Å²) in [7, 11) is 0. The van der Waals surface area contributed by atoms with Crippen molar-refractivity contribution in [3.63, 3.8) is 0 Å². The number of carbonyl (C=O) groups is 2. The van der Waals surface area contributed by atoms with Gasteiger partial charge in [0.25, 0.3) is 0 Å². The second kappa shape index (κ2) is 7.03. The van der Waals surface area contributed by atoms with E-state index in [1.54, 1.807) is 26.0 Å². The van der Waals surface area contributed by atoms with Crippen LogP contribution in [0.1, 0.15) is 38.7 Å². The van der Waals surface area contributed by atoms with Crippen molar-refractivity contribution >= 4 is 11.9 Å². The van der Waals surface area contributed by atoms with E-state index >= 15 is 0 Å². The average molecular weight is 281 g/mol. The molecular formula is C15H20FNO3. The van der Waals surface area contributed by atoms with Gasteiger partial charge in [-0.15, -0.1) is 0 Å². The third-order valence-electron chi connectivity index (χ3n) is 3.18. The molecule has 0 fully saturated rings. The number of rotatable bonds is 6. The van der Waals surface area contributed by atoms with Crippen molar-refractivity contribution in [3.8, 4) is 0 Å². The van der Waals surface area contributed by atoms with Crippen LogP contribution < -0.4 is 5.32 Å². The number of hydrogen-bond donors (Lipinski definition) is 2. The van der Waals surface area contributed by atoms with Crippen molar-refractivity contribution in [2.45, 2.75) is 39.2 Å². The van der Waals surface area contributed by atoms with E-state index in [0.29, 0.717) is 0 Å². The summed E-state index contributed by atoms with van der Waals surface area (Å²) in [6.45, 7) is 5.32. The van der Waals surface area contributed by atoms with Gasteiger partial charge >= 0.3 is 5.97 Å². The van der Waals surface area contributed by atoms with Crippen molar-refractivity contribution in [3.05, 3.63) is 35.6 Å². The van der Waals surface area contributed by atoms with E-state index < -0.39 is 12.0 Å². The highest BCUT2D eigenvalue weighted by Gasteiger charge is 2.24. The van der Waals surface area contributed by atoms with Crippen molar-refractivity contribution in [1.29, 1.82) is 0 Å². The Hall–Kier alpha value is -1.91. The summed E-state index contributed by atoms with van der Waals surface area (Å²) in [5, 5.41) is 11.5. The Labute approximate surface area is 118 Å². The Bertz CT molecular complexity index is 471. The predicted molar refractivity (Wildman–Crippen MR) is 73.8 cm³/mol. The Kier molecular flexibility index (Phi) is 5.67. The van der Waals surface area contributed by atoms with Crippen LogP contribution in [0.3, 0.4) is 0 Å². The average Bonchev–Trinajstić information content (AvgIpc) is 2.35. The molecule has 0 aromatic heterocycles. The van der Waals surface area contributed by atoms with Gasteiger partial charge in [-0.2, -0.15) is 0 Å². The molecule has 0 bridgehead atoms. The van der Waals surface area contributed by atoms with E-state index in [-0.39, 0.29) is 30.0 Å². The highest BCUT2D eigenvalue weighted by atomic mass is 19.1. The molecular weight excluding hydrogens is 261 g/mol. The largest absolute Gasteiger partial charge is 0.480 e. The fourth-order valence-corrected chi connectivity index (χ4v) is 1.93. The molecule has 1 aromatic rings. The van der Waals surface area contributed by atoms with Crippen LogP contribution in [0.25, 0.3) is 0 Å². The Morgan fingerprint density at radius 3 is 2.20 bits per heavy atom. The van der Waals surface area contributed by atoms with Crippen LogP contribution in [0.15, 0.2) is 24.3 Å². The summed E-state index contributed by atoms with van der Waals surface area (Å²) in [6, 6.07) is 5.06. The van der Waals surface area contributed by atoms with Gasteiger partial charge in [0.05, 0.1) is 0 Å². The first-order valence-electron chi connectivity index (χ1n) is 6.59. The maximum absolute atomic E-state index is 12.8. The molecule has 110 valence electrons. The lowest BCUT2D eigenvalue weighted by Gasteiger charge is -2.19. The Balaban J connectivity index is 2.61. The maximum Gasteiger partial charge on any atom is 0.326 e. The van der Waals surface area contributed by atoms with Crippen molar-refractivity contribution in [1.82, 2.24) is 5.32 Å². The predicted octanol–water partition coefficient (Wildman–Crippen LogP) is 2.54. The first-order chi connectivity index (χ1) is 9.31. The first-order valence-corrected chi connectivity index (χ1v) is 6.59. The fourth-order valence-electron chi connectivity index (χ4n) is 1.93. The third kappa shape index (κ3) is 4.64. The van der Waals surface area contributed by atoms with Crippen molar-refractivity contribution in [2.75, 3.05) is 0 Å². The molecule has 0 heterocycles. The van der Waals surface area contributed by atoms with Gasteiger partial charge in [-0.1, -0.05) is 32.9 Å². The summed E-state index contributed by atoms with van der Waals surface area (Å²) in [5.74, 6) is -1.96. The van der Waals surface area contributed by atoms with Crippen molar-refractivity contribution < 1.29 is 19.1 Å². The van der Waals surface area contributed by atoms with E-state index in [4.69, 9.17) is 5.11 Å². The fraction of sp³-hybridized carbons (Fsp3) is 0.467. The van der Waals surface area contributed by atoms with Crippen LogP contribution in [-0.4, -0.2) is 23.0 Å². The zero-order valence-corrected chi connectivity index (χ0v) is 11.9. The number of carboxylic acids is 1. The number of aliphatic carboxylic acids is 1. The van der Waals surface area contributed by atoms with E-state index in [0.717, 1.165) is 5.56 Å². The molecule has 2 N–H and O–H groups in total. The Morgan fingerprint density at radius 1 is 1.20 bits per heavy atom. The lowest BCUT2D eigenvalue weighted by molar-refractivity contribution is -0.143. The van der Waals surface area contributed by atoms with Crippen LogP contribution in [0.2, 0.25) is 0 Å². The van der Waals surface area contributed by atoms with Gasteiger partial charge in [0, 0.05) is 6.42 Å². The summed E-state index contributed by atoms with van der Waals surface area (Å²) in [5.41, 5.74) is 0.845. The molecule has 0 aliphatic rings. The standard InChI is InChI=1S/C15H20FNO3/c1-9(2)14(15(19)20)17-13(18)8-10(3)11-4-6-12(16)7-5-11/h4-7,9-10,14H,8H2,1-3H3,(H,17,18)(H,19,20)/t10?,14-/m1/s1. The van der Waals surface area contributed by atoms with Gasteiger partial charge in [0.1, 0.15) is 11.9 Å². The van der Waals surface area contributed by atoms with Crippen LogP contribution in [0.4, 0.5) is 4.39 Å². The molecule has 2 atom stereocenters. The lowest BCUT2D eigenvalue weighted by Crippen LogP contribution is -2.44. The van der Waals surface area contributed by atoms with Gasteiger partial charge < -0.3 is 10.4 Å². The first kappa shape index (κ1) is 16.1. The van der Waals surface area contributed by atoms with Crippen LogP contribution in [0, 0.1) is 11.7 Å². The topological polar surface area (TPSA) is 66.4 Å². The second-order valence-electron chi connectivity index (χ2n) is 5.28.